The topological polar surface area (TPSA) is 86.7 Å². The summed E-state index contributed by atoms with van der Waals surface area (Å²) in [4.78, 5) is 35.9. The Labute approximate surface area is 148 Å². The number of amides is 2. The Morgan fingerprint density at radius 3 is 2.56 bits per heavy atom. The Balaban J connectivity index is 1.70. The highest BCUT2D eigenvalue weighted by atomic mass is 16.4. The van der Waals surface area contributed by atoms with E-state index in [1.807, 2.05) is 12.1 Å². The summed E-state index contributed by atoms with van der Waals surface area (Å²) < 4.78 is 0. The fourth-order valence-electron chi connectivity index (χ4n) is 3.11. The highest BCUT2D eigenvalue weighted by molar-refractivity contribution is 5.97. The van der Waals surface area contributed by atoms with Crippen molar-refractivity contribution in [2.45, 2.75) is 51.9 Å². The van der Waals surface area contributed by atoms with Gasteiger partial charge in [0.2, 0.25) is 5.91 Å². The molecule has 0 radical (unpaired) electrons. The van der Waals surface area contributed by atoms with E-state index in [9.17, 15) is 14.4 Å². The summed E-state index contributed by atoms with van der Waals surface area (Å²) >= 11 is 0. The number of carbonyl (C=O) groups is 3. The number of carboxylic acids is 1. The Morgan fingerprint density at radius 1 is 1.12 bits per heavy atom. The van der Waals surface area contributed by atoms with Gasteiger partial charge in [0, 0.05) is 37.7 Å². The minimum atomic E-state index is -0.743. The summed E-state index contributed by atoms with van der Waals surface area (Å²) in [6.07, 6.45) is 5.51. The van der Waals surface area contributed by atoms with Crippen LogP contribution in [0, 0.1) is 0 Å². The molecular weight excluding hydrogens is 320 g/mol. The standard InChI is InChI=1S/C19H26N2O4/c1-14(22)21-12-10-15-13-16(8-9-17(15)21)19(25)20-11-6-4-2-3-5-7-18(23)24/h8-9,13H,2-7,10-12H2,1H3,(H,20,25)(H,23,24). The second-order valence-corrected chi connectivity index (χ2v) is 6.43. The quantitative estimate of drug-likeness (QED) is 0.673. The van der Waals surface area contributed by atoms with Gasteiger partial charge in [-0.1, -0.05) is 19.3 Å². The van der Waals surface area contributed by atoms with Crippen molar-refractivity contribution in [2.75, 3.05) is 18.0 Å². The molecule has 6 nitrogen and oxygen atoms in total. The zero-order valence-electron chi connectivity index (χ0n) is 14.7. The summed E-state index contributed by atoms with van der Waals surface area (Å²) in [6.45, 7) is 2.85. The van der Waals surface area contributed by atoms with Gasteiger partial charge in [-0.3, -0.25) is 14.4 Å². The molecule has 0 saturated carbocycles. The van der Waals surface area contributed by atoms with Crippen LogP contribution in [-0.4, -0.2) is 36.0 Å². The molecule has 0 fully saturated rings. The lowest BCUT2D eigenvalue weighted by atomic mass is 10.1. The van der Waals surface area contributed by atoms with Crippen LogP contribution in [0.4, 0.5) is 5.69 Å². The minimum absolute atomic E-state index is 0.0271. The van der Waals surface area contributed by atoms with Gasteiger partial charge in [0.25, 0.3) is 5.91 Å². The second-order valence-electron chi connectivity index (χ2n) is 6.43. The molecule has 1 aliphatic heterocycles. The Bertz CT molecular complexity index is 642. The second kappa shape index (κ2) is 9.20. The Kier molecular flexibility index (Phi) is 6.98. The summed E-state index contributed by atoms with van der Waals surface area (Å²) in [6, 6.07) is 5.49. The molecule has 1 aromatic carbocycles. The van der Waals surface area contributed by atoms with Crippen LogP contribution in [0.1, 0.15) is 61.4 Å². The monoisotopic (exact) mass is 346 g/mol. The summed E-state index contributed by atoms with van der Waals surface area (Å²) in [7, 11) is 0. The molecular formula is C19H26N2O4. The van der Waals surface area contributed by atoms with E-state index in [0.29, 0.717) is 25.1 Å². The van der Waals surface area contributed by atoms with Gasteiger partial charge in [-0.15, -0.1) is 0 Å². The maximum atomic E-state index is 12.2. The van der Waals surface area contributed by atoms with Gasteiger partial charge in [-0.05, 0) is 43.0 Å². The van der Waals surface area contributed by atoms with E-state index in [4.69, 9.17) is 5.11 Å². The van der Waals surface area contributed by atoms with Crippen LogP contribution in [0.2, 0.25) is 0 Å². The number of rotatable bonds is 9. The van der Waals surface area contributed by atoms with E-state index >= 15 is 0 Å². The average molecular weight is 346 g/mol. The highest BCUT2D eigenvalue weighted by Crippen LogP contribution is 2.28. The molecule has 0 spiro atoms. The number of aliphatic carboxylic acids is 1. The molecule has 0 atom stereocenters. The molecule has 6 heteroatoms. The van der Waals surface area contributed by atoms with Crippen molar-refractivity contribution in [3.63, 3.8) is 0 Å². The molecule has 0 aromatic heterocycles. The largest absolute Gasteiger partial charge is 0.481 e. The number of benzene rings is 1. The normalized spacial score (nSPS) is 12.8. The molecule has 1 aliphatic rings. The molecule has 1 aromatic rings. The maximum Gasteiger partial charge on any atom is 0.303 e. The molecule has 1 heterocycles. The summed E-state index contributed by atoms with van der Waals surface area (Å²) in [5.74, 6) is -0.803. The van der Waals surface area contributed by atoms with E-state index in [1.165, 1.54) is 0 Å². The van der Waals surface area contributed by atoms with Crippen LogP contribution in [0.25, 0.3) is 0 Å². The van der Waals surface area contributed by atoms with Crippen LogP contribution in [0.15, 0.2) is 18.2 Å². The molecule has 0 unspecified atom stereocenters. The van der Waals surface area contributed by atoms with E-state index in [2.05, 4.69) is 5.32 Å². The molecule has 0 bridgehead atoms. The van der Waals surface area contributed by atoms with Crippen LogP contribution >= 0.6 is 0 Å². The van der Waals surface area contributed by atoms with E-state index < -0.39 is 5.97 Å². The van der Waals surface area contributed by atoms with E-state index in [-0.39, 0.29) is 18.2 Å². The third-order valence-corrected chi connectivity index (χ3v) is 4.47. The zero-order valence-corrected chi connectivity index (χ0v) is 14.7. The SMILES string of the molecule is CC(=O)N1CCc2cc(C(=O)NCCCCCCCC(=O)O)ccc21. The number of fused-ring (bicyclic) bond motifs is 1. The molecule has 2 amide bonds. The van der Waals surface area contributed by atoms with Gasteiger partial charge in [-0.25, -0.2) is 0 Å². The van der Waals surface area contributed by atoms with Gasteiger partial charge >= 0.3 is 5.97 Å². The molecule has 0 saturated heterocycles. The predicted molar refractivity (Wildman–Crippen MR) is 95.8 cm³/mol. The number of carbonyl (C=O) groups excluding carboxylic acids is 2. The number of hydrogen-bond acceptors (Lipinski definition) is 3. The van der Waals surface area contributed by atoms with Crippen LogP contribution in [0.3, 0.4) is 0 Å². The first-order valence-corrected chi connectivity index (χ1v) is 8.90. The summed E-state index contributed by atoms with van der Waals surface area (Å²) in [5.41, 5.74) is 2.58. The van der Waals surface area contributed by atoms with Crippen molar-refractivity contribution in [1.29, 1.82) is 0 Å². The molecule has 2 rings (SSSR count). The van der Waals surface area contributed by atoms with E-state index in [1.54, 1.807) is 17.9 Å². The van der Waals surface area contributed by atoms with Crippen LogP contribution in [0.5, 0.6) is 0 Å². The molecule has 25 heavy (non-hydrogen) atoms. The molecule has 136 valence electrons. The van der Waals surface area contributed by atoms with Gasteiger partial charge in [0.1, 0.15) is 0 Å². The van der Waals surface area contributed by atoms with Crippen molar-refractivity contribution in [1.82, 2.24) is 5.32 Å². The van der Waals surface area contributed by atoms with Gasteiger partial charge in [-0.2, -0.15) is 0 Å². The Hall–Kier alpha value is -2.37. The zero-order chi connectivity index (χ0) is 18.2. The first-order chi connectivity index (χ1) is 12.0. The van der Waals surface area contributed by atoms with Crippen molar-refractivity contribution in [3.05, 3.63) is 29.3 Å². The van der Waals surface area contributed by atoms with Gasteiger partial charge < -0.3 is 15.3 Å². The highest BCUT2D eigenvalue weighted by Gasteiger charge is 2.22. The van der Waals surface area contributed by atoms with Crippen LogP contribution in [-0.2, 0) is 16.0 Å². The lowest BCUT2D eigenvalue weighted by molar-refractivity contribution is -0.137. The van der Waals surface area contributed by atoms with Crippen molar-refractivity contribution in [2.24, 2.45) is 0 Å². The van der Waals surface area contributed by atoms with Crippen molar-refractivity contribution >= 4 is 23.5 Å². The average Bonchev–Trinajstić information content (AvgIpc) is 3.00. The fourth-order valence-corrected chi connectivity index (χ4v) is 3.11. The Morgan fingerprint density at radius 2 is 1.84 bits per heavy atom. The van der Waals surface area contributed by atoms with Crippen molar-refractivity contribution in [3.8, 4) is 0 Å². The van der Waals surface area contributed by atoms with E-state index in [0.717, 1.165) is 43.4 Å². The number of anilines is 1. The lowest BCUT2D eigenvalue weighted by Gasteiger charge is -2.14. The number of nitrogens with zero attached hydrogens (tertiary/aromatic N) is 1. The third kappa shape index (κ3) is 5.59. The number of nitrogens with one attached hydrogen (secondary N) is 1. The number of hydrogen-bond donors (Lipinski definition) is 2. The smallest absolute Gasteiger partial charge is 0.303 e. The molecule has 0 aliphatic carbocycles. The van der Waals surface area contributed by atoms with Gasteiger partial charge in [0.15, 0.2) is 0 Å². The van der Waals surface area contributed by atoms with Crippen molar-refractivity contribution < 1.29 is 19.5 Å². The predicted octanol–water partition coefficient (Wildman–Crippen LogP) is 2.75. The number of carboxylic acid groups (broad SMARTS) is 1. The maximum absolute atomic E-state index is 12.2. The van der Waals surface area contributed by atoms with Crippen LogP contribution < -0.4 is 10.2 Å². The van der Waals surface area contributed by atoms with Gasteiger partial charge in [0.05, 0.1) is 0 Å². The first kappa shape index (κ1) is 19.0. The number of unbranched alkanes of at least 4 members (excludes halogenated alkanes) is 4. The fraction of sp³-hybridized carbons (Fsp3) is 0.526. The first-order valence-electron chi connectivity index (χ1n) is 8.90. The minimum Gasteiger partial charge on any atom is -0.481 e. The lowest BCUT2D eigenvalue weighted by Crippen LogP contribution is -2.26. The third-order valence-electron chi connectivity index (χ3n) is 4.47. The molecule has 2 N–H and O–H groups in total. The summed E-state index contributed by atoms with van der Waals surface area (Å²) in [5, 5.41) is 11.5.